The van der Waals surface area contributed by atoms with Crippen molar-refractivity contribution in [3.8, 4) is 0 Å². The summed E-state index contributed by atoms with van der Waals surface area (Å²) in [6.45, 7) is 1.63. The van der Waals surface area contributed by atoms with Gasteiger partial charge in [-0.2, -0.15) is 0 Å². The van der Waals surface area contributed by atoms with Crippen LogP contribution in [0.2, 0.25) is 0 Å². The van der Waals surface area contributed by atoms with Gasteiger partial charge >= 0.3 is 0 Å². The van der Waals surface area contributed by atoms with E-state index in [-0.39, 0.29) is 5.91 Å². The molecule has 0 aromatic carbocycles. The SMILES string of the molecule is NCc1nc(C(=O)N2CCCCO2)cs1. The average Bonchev–Trinajstić information content (AvgIpc) is 2.78. The topological polar surface area (TPSA) is 68.5 Å². The Kier molecular flexibility index (Phi) is 3.30. The summed E-state index contributed by atoms with van der Waals surface area (Å²) in [4.78, 5) is 21.2. The lowest BCUT2D eigenvalue weighted by Crippen LogP contribution is -2.35. The molecule has 2 N–H and O–H groups in total. The minimum absolute atomic E-state index is 0.161. The van der Waals surface area contributed by atoms with E-state index in [4.69, 9.17) is 10.6 Å². The van der Waals surface area contributed by atoms with Gasteiger partial charge in [-0.1, -0.05) is 0 Å². The molecular weight excluding hydrogens is 214 g/mol. The molecule has 0 unspecified atom stereocenters. The molecule has 1 aliphatic heterocycles. The second-order valence-corrected chi connectivity index (χ2v) is 4.22. The van der Waals surface area contributed by atoms with E-state index in [2.05, 4.69) is 4.98 Å². The molecule has 0 radical (unpaired) electrons. The van der Waals surface area contributed by atoms with Crippen LogP contribution in [0.25, 0.3) is 0 Å². The van der Waals surface area contributed by atoms with Crippen molar-refractivity contribution in [2.24, 2.45) is 5.73 Å². The summed E-state index contributed by atoms with van der Waals surface area (Å²) in [5.41, 5.74) is 5.87. The summed E-state index contributed by atoms with van der Waals surface area (Å²) < 4.78 is 0. The largest absolute Gasteiger partial charge is 0.325 e. The van der Waals surface area contributed by atoms with Gasteiger partial charge in [0.2, 0.25) is 0 Å². The molecule has 5 nitrogen and oxygen atoms in total. The highest BCUT2D eigenvalue weighted by molar-refractivity contribution is 7.09. The number of thiazole rings is 1. The van der Waals surface area contributed by atoms with E-state index in [1.165, 1.54) is 16.4 Å². The third-order valence-corrected chi connectivity index (χ3v) is 3.05. The van der Waals surface area contributed by atoms with Crippen molar-refractivity contribution >= 4 is 17.2 Å². The number of carbonyl (C=O) groups is 1. The number of carbonyl (C=O) groups excluding carboxylic acids is 1. The summed E-state index contributed by atoms with van der Waals surface area (Å²) in [7, 11) is 0. The van der Waals surface area contributed by atoms with Crippen LogP contribution in [0, 0.1) is 0 Å². The third-order valence-electron chi connectivity index (χ3n) is 2.17. The lowest BCUT2D eigenvalue weighted by atomic mass is 10.3. The minimum atomic E-state index is -0.161. The van der Waals surface area contributed by atoms with Crippen LogP contribution < -0.4 is 5.73 Å². The normalized spacial score (nSPS) is 16.7. The molecule has 2 heterocycles. The molecule has 0 atom stereocenters. The Hall–Kier alpha value is -0.980. The standard InChI is InChI=1S/C9H13N3O2S/c10-5-8-11-7(6-15-8)9(13)12-3-1-2-4-14-12/h6H,1-5,10H2. The van der Waals surface area contributed by atoms with Gasteiger partial charge in [-0.15, -0.1) is 11.3 Å². The molecule has 6 heteroatoms. The molecule has 1 saturated heterocycles. The second-order valence-electron chi connectivity index (χ2n) is 3.28. The Labute approximate surface area is 91.8 Å². The summed E-state index contributed by atoms with van der Waals surface area (Å²) in [6, 6.07) is 0. The fourth-order valence-electron chi connectivity index (χ4n) is 1.39. The number of aromatic nitrogens is 1. The van der Waals surface area contributed by atoms with E-state index in [9.17, 15) is 4.79 Å². The highest BCUT2D eigenvalue weighted by atomic mass is 32.1. The zero-order chi connectivity index (χ0) is 10.7. The Balaban J connectivity index is 2.05. The fraction of sp³-hybridized carbons (Fsp3) is 0.556. The predicted octanol–water partition coefficient (Wildman–Crippen LogP) is 0.769. The molecule has 1 amide bonds. The first kappa shape index (κ1) is 10.5. The monoisotopic (exact) mass is 227 g/mol. The number of amides is 1. The van der Waals surface area contributed by atoms with E-state index >= 15 is 0 Å². The first-order valence-electron chi connectivity index (χ1n) is 4.90. The number of hydroxylamine groups is 2. The van der Waals surface area contributed by atoms with Gasteiger partial charge in [0.05, 0.1) is 6.61 Å². The molecule has 1 aromatic rings. The highest BCUT2D eigenvalue weighted by Gasteiger charge is 2.21. The summed E-state index contributed by atoms with van der Waals surface area (Å²) in [5, 5.41) is 3.89. The molecule has 1 aromatic heterocycles. The van der Waals surface area contributed by atoms with Crippen molar-refractivity contribution in [3.05, 3.63) is 16.1 Å². The maximum Gasteiger partial charge on any atom is 0.296 e. The Bertz CT molecular complexity index is 347. The van der Waals surface area contributed by atoms with Gasteiger partial charge in [0.25, 0.3) is 5.91 Å². The Morgan fingerprint density at radius 3 is 3.13 bits per heavy atom. The van der Waals surface area contributed by atoms with Crippen molar-refractivity contribution in [1.82, 2.24) is 10.0 Å². The van der Waals surface area contributed by atoms with Crippen LogP contribution in [-0.4, -0.2) is 29.1 Å². The highest BCUT2D eigenvalue weighted by Crippen LogP contribution is 2.14. The number of hydrogen-bond donors (Lipinski definition) is 1. The van der Waals surface area contributed by atoms with Gasteiger partial charge in [0.1, 0.15) is 10.7 Å². The third kappa shape index (κ3) is 2.34. The molecule has 1 fully saturated rings. The van der Waals surface area contributed by atoms with Gasteiger partial charge in [-0.05, 0) is 12.8 Å². The van der Waals surface area contributed by atoms with E-state index < -0.39 is 0 Å². The number of hydrogen-bond acceptors (Lipinski definition) is 5. The van der Waals surface area contributed by atoms with Crippen molar-refractivity contribution in [3.63, 3.8) is 0 Å². The maximum absolute atomic E-state index is 11.8. The summed E-state index contributed by atoms with van der Waals surface area (Å²) in [6.07, 6.45) is 1.99. The molecule has 1 aliphatic rings. The fourth-order valence-corrected chi connectivity index (χ4v) is 2.04. The van der Waals surface area contributed by atoms with Crippen LogP contribution in [-0.2, 0) is 11.4 Å². The Morgan fingerprint density at radius 1 is 1.67 bits per heavy atom. The maximum atomic E-state index is 11.8. The van der Waals surface area contributed by atoms with Gasteiger partial charge in [0.15, 0.2) is 0 Å². The smallest absolute Gasteiger partial charge is 0.296 e. The van der Waals surface area contributed by atoms with Crippen molar-refractivity contribution in [2.45, 2.75) is 19.4 Å². The van der Waals surface area contributed by atoms with Crippen LogP contribution in [0.4, 0.5) is 0 Å². The molecule has 0 bridgehead atoms. The van der Waals surface area contributed by atoms with E-state index in [1.54, 1.807) is 5.38 Å². The lowest BCUT2D eigenvalue weighted by Gasteiger charge is -2.24. The van der Waals surface area contributed by atoms with Crippen LogP contribution in [0.1, 0.15) is 28.3 Å². The van der Waals surface area contributed by atoms with Crippen molar-refractivity contribution < 1.29 is 9.63 Å². The van der Waals surface area contributed by atoms with E-state index in [0.717, 1.165) is 17.8 Å². The quantitative estimate of drug-likeness (QED) is 0.810. The summed E-state index contributed by atoms with van der Waals surface area (Å²) >= 11 is 1.40. The summed E-state index contributed by atoms with van der Waals surface area (Å²) in [5.74, 6) is -0.161. The van der Waals surface area contributed by atoms with Gasteiger partial charge in [-0.3, -0.25) is 9.63 Å². The lowest BCUT2D eigenvalue weighted by molar-refractivity contribution is -0.144. The zero-order valence-electron chi connectivity index (χ0n) is 8.31. The average molecular weight is 227 g/mol. The van der Waals surface area contributed by atoms with Crippen LogP contribution in [0.3, 0.4) is 0 Å². The van der Waals surface area contributed by atoms with Crippen molar-refractivity contribution in [2.75, 3.05) is 13.2 Å². The predicted molar refractivity (Wildman–Crippen MR) is 56.2 cm³/mol. The zero-order valence-corrected chi connectivity index (χ0v) is 9.13. The first-order chi connectivity index (χ1) is 7.31. The molecule has 2 rings (SSSR count). The van der Waals surface area contributed by atoms with Crippen LogP contribution in [0.5, 0.6) is 0 Å². The van der Waals surface area contributed by atoms with Gasteiger partial charge in [0, 0.05) is 18.5 Å². The van der Waals surface area contributed by atoms with E-state index in [1.807, 2.05) is 0 Å². The molecule has 0 saturated carbocycles. The van der Waals surface area contributed by atoms with Gasteiger partial charge < -0.3 is 5.73 Å². The van der Waals surface area contributed by atoms with Gasteiger partial charge in [-0.25, -0.2) is 10.0 Å². The van der Waals surface area contributed by atoms with Crippen molar-refractivity contribution in [1.29, 1.82) is 0 Å². The number of rotatable bonds is 2. The first-order valence-corrected chi connectivity index (χ1v) is 5.78. The molecule has 15 heavy (non-hydrogen) atoms. The Morgan fingerprint density at radius 2 is 2.53 bits per heavy atom. The number of nitrogens with two attached hydrogens (primary N) is 1. The minimum Gasteiger partial charge on any atom is -0.325 e. The number of nitrogens with zero attached hydrogens (tertiary/aromatic N) is 2. The molecule has 0 spiro atoms. The van der Waals surface area contributed by atoms with Crippen LogP contribution >= 0.6 is 11.3 Å². The van der Waals surface area contributed by atoms with Crippen LogP contribution in [0.15, 0.2) is 5.38 Å². The molecule has 0 aliphatic carbocycles. The molecule has 82 valence electrons. The van der Waals surface area contributed by atoms with E-state index in [0.29, 0.717) is 25.4 Å². The molecular formula is C9H13N3O2S. The second kappa shape index (κ2) is 4.69.